The van der Waals surface area contributed by atoms with E-state index in [2.05, 4.69) is 15.5 Å². The van der Waals surface area contributed by atoms with Gasteiger partial charge in [-0.25, -0.2) is 0 Å². The molecule has 0 atom stereocenters. The molecule has 1 aromatic heterocycles. The smallest absolute Gasteiger partial charge is 0.290 e. The van der Waals surface area contributed by atoms with Gasteiger partial charge in [-0.05, 0) is 47.7 Å². The van der Waals surface area contributed by atoms with Gasteiger partial charge in [-0.15, -0.1) is 10.2 Å². The topological polar surface area (TPSA) is 104 Å². The van der Waals surface area contributed by atoms with Crippen molar-refractivity contribution in [2.24, 2.45) is 0 Å². The normalized spacial score (nSPS) is 14.9. The zero-order valence-electron chi connectivity index (χ0n) is 15.2. The lowest BCUT2D eigenvalue weighted by molar-refractivity contribution is -0.115. The van der Waals surface area contributed by atoms with Crippen LogP contribution in [-0.2, 0) is 11.4 Å². The fraction of sp³-hybridized carbons (Fsp3) is 0.100. The van der Waals surface area contributed by atoms with Crippen molar-refractivity contribution in [1.82, 2.24) is 15.5 Å². The van der Waals surface area contributed by atoms with Crippen LogP contribution in [0.15, 0.2) is 57.9 Å². The number of imide groups is 1. The van der Waals surface area contributed by atoms with Gasteiger partial charge in [-0.3, -0.25) is 14.9 Å². The van der Waals surface area contributed by atoms with E-state index < -0.39 is 5.91 Å². The minimum absolute atomic E-state index is 0.0728. The molecule has 1 saturated heterocycles. The quantitative estimate of drug-likeness (QED) is 0.616. The lowest BCUT2D eigenvalue weighted by Crippen LogP contribution is -2.17. The van der Waals surface area contributed by atoms with Crippen LogP contribution in [0.3, 0.4) is 0 Å². The van der Waals surface area contributed by atoms with Gasteiger partial charge in [0.1, 0.15) is 0 Å². The Morgan fingerprint density at radius 3 is 2.66 bits per heavy atom. The number of thioether (sulfide) groups is 1. The van der Waals surface area contributed by atoms with E-state index in [1.165, 1.54) is 7.11 Å². The summed E-state index contributed by atoms with van der Waals surface area (Å²) in [5.74, 6) is 1.28. The highest BCUT2D eigenvalue weighted by atomic mass is 32.2. The Balaban J connectivity index is 1.47. The number of methoxy groups -OCH3 is 1. The van der Waals surface area contributed by atoms with Crippen LogP contribution in [0.4, 0.5) is 4.79 Å². The van der Waals surface area contributed by atoms with Gasteiger partial charge in [-0.1, -0.05) is 24.3 Å². The van der Waals surface area contributed by atoms with Crippen LogP contribution in [0.5, 0.6) is 11.5 Å². The Morgan fingerprint density at radius 1 is 1.10 bits per heavy atom. The van der Waals surface area contributed by atoms with E-state index in [9.17, 15) is 9.59 Å². The van der Waals surface area contributed by atoms with Crippen molar-refractivity contribution in [2.45, 2.75) is 6.61 Å². The number of amides is 2. The van der Waals surface area contributed by atoms with Crippen molar-refractivity contribution >= 4 is 29.0 Å². The lowest BCUT2D eigenvalue weighted by atomic mass is 10.2. The number of nitrogens with zero attached hydrogens (tertiary/aromatic N) is 2. The van der Waals surface area contributed by atoms with Gasteiger partial charge in [-0.2, -0.15) is 0 Å². The number of ether oxygens (including phenoxy) is 2. The third-order valence-corrected chi connectivity index (χ3v) is 4.78. The highest BCUT2D eigenvalue weighted by Crippen LogP contribution is 2.32. The summed E-state index contributed by atoms with van der Waals surface area (Å²) < 4.78 is 16.7. The largest absolute Gasteiger partial charge is 0.493 e. The second kappa shape index (κ2) is 8.19. The molecule has 29 heavy (non-hydrogen) atoms. The molecular formula is C20H15N3O5S. The molecule has 0 aliphatic carbocycles. The van der Waals surface area contributed by atoms with Crippen molar-refractivity contribution in [2.75, 3.05) is 7.11 Å². The molecule has 4 rings (SSSR count). The third-order valence-electron chi connectivity index (χ3n) is 3.97. The number of nitrogens with one attached hydrogen (secondary N) is 1. The number of carbonyl (C=O) groups excluding carboxylic acids is 2. The first kappa shape index (κ1) is 18.8. The molecule has 1 aliphatic rings. The predicted molar refractivity (Wildman–Crippen MR) is 106 cm³/mol. The van der Waals surface area contributed by atoms with Crippen LogP contribution in [0, 0.1) is 0 Å². The summed E-state index contributed by atoms with van der Waals surface area (Å²) in [6.45, 7) is 0.0728. The maximum absolute atomic E-state index is 11.7. The van der Waals surface area contributed by atoms with Gasteiger partial charge < -0.3 is 13.9 Å². The summed E-state index contributed by atoms with van der Waals surface area (Å²) in [6, 6.07) is 14.6. The van der Waals surface area contributed by atoms with E-state index in [0.717, 1.165) is 17.3 Å². The SMILES string of the molecule is COc1cc(/C=C2/SC(=O)NC2=O)ccc1OCc1nnc(-c2ccccc2)o1. The number of hydrogen-bond donors (Lipinski definition) is 1. The number of aromatic nitrogens is 2. The summed E-state index contributed by atoms with van der Waals surface area (Å²) >= 11 is 0.856. The van der Waals surface area contributed by atoms with E-state index in [-0.39, 0.29) is 11.8 Å². The van der Waals surface area contributed by atoms with E-state index in [1.807, 2.05) is 30.3 Å². The molecule has 2 amide bonds. The van der Waals surface area contributed by atoms with Crippen molar-refractivity contribution in [1.29, 1.82) is 0 Å². The highest BCUT2D eigenvalue weighted by molar-refractivity contribution is 8.18. The van der Waals surface area contributed by atoms with E-state index >= 15 is 0 Å². The molecule has 0 unspecified atom stereocenters. The van der Waals surface area contributed by atoms with Crippen LogP contribution in [0.1, 0.15) is 11.5 Å². The Bertz CT molecular complexity index is 1090. The molecule has 1 fully saturated rings. The fourth-order valence-corrected chi connectivity index (χ4v) is 3.30. The first-order valence-electron chi connectivity index (χ1n) is 8.56. The first-order valence-corrected chi connectivity index (χ1v) is 9.37. The van der Waals surface area contributed by atoms with Gasteiger partial charge in [0, 0.05) is 5.56 Å². The summed E-state index contributed by atoms with van der Waals surface area (Å²) in [6.07, 6.45) is 1.61. The average Bonchev–Trinajstić information content (AvgIpc) is 3.33. The summed E-state index contributed by atoms with van der Waals surface area (Å²) in [7, 11) is 1.51. The zero-order chi connectivity index (χ0) is 20.2. The van der Waals surface area contributed by atoms with Crippen molar-refractivity contribution in [3.63, 3.8) is 0 Å². The first-order chi connectivity index (χ1) is 14.1. The average molecular weight is 409 g/mol. The molecule has 3 aromatic rings. The van der Waals surface area contributed by atoms with E-state index in [1.54, 1.807) is 24.3 Å². The Labute approximate surface area is 169 Å². The minimum atomic E-state index is -0.412. The van der Waals surface area contributed by atoms with Gasteiger partial charge in [0.25, 0.3) is 17.0 Å². The molecule has 8 nitrogen and oxygen atoms in total. The molecule has 0 bridgehead atoms. The molecule has 2 heterocycles. The summed E-state index contributed by atoms with van der Waals surface area (Å²) in [5.41, 5.74) is 1.53. The Morgan fingerprint density at radius 2 is 1.93 bits per heavy atom. The van der Waals surface area contributed by atoms with Crippen LogP contribution < -0.4 is 14.8 Å². The predicted octanol–water partition coefficient (Wildman–Crippen LogP) is 3.65. The van der Waals surface area contributed by atoms with E-state index in [4.69, 9.17) is 13.9 Å². The van der Waals surface area contributed by atoms with Crippen molar-refractivity contribution in [3.8, 4) is 23.0 Å². The molecule has 0 spiro atoms. The molecule has 9 heteroatoms. The second-order valence-electron chi connectivity index (χ2n) is 5.92. The van der Waals surface area contributed by atoms with Crippen molar-refractivity contribution in [3.05, 3.63) is 64.9 Å². The number of benzene rings is 2. The highest BCUT2D eigenvalue weighted by Gasteiger charge is 2.25. The zero-order valence-corrected chi connectivity index (χ0v) is 16.1. The third kappa shape index (κ3) is 4.30. The maximum atomic E-state index is 11.7. The number of hydrogen-bond acceptors (Lipinski definition) is 8. The molecule has 0 saturated carbocycles. The van der Waals surface area contributed by atoms with Crippen LogP contribution >= 0.6 is 11.8 Å². The summed E-state index contributed by atoms with van der Waals surface area (Å²) in [5, 5.41) is 9.85. The van der Waals surface area contributed by atoms with Gasteiger partial charge in [0.15, 0.2) is 18.1 Å². The van der Waals surface area contributed by atoms with Crippen LogP contribution in [-0.4, -0.2) is 28.5 Å². The maximum Gasteiger partial charge on any atom is 0.290 e. The molecule has 2 aromatic carbocycles. The number of carbonyl (C=O) groups is 2. The Kier molecular flexibility index (Phi) is 5.30. The molecular weight excluding hydrogens is 394 g/mol. The fourth-order valence-electron chi connectivity index (χ4n) is 2.61. The summed E-state index contributed by atoms with van der Waals surface area (Å²) in [4.78, 5) is 23.3. The van der Waals surface area contributed by atoms with Gasteiger partial charge >= 0.3 is 0 Å². The minimum Gasteiger partial charge on any atom is -0.493 e. The molecule has 1 aliphatic heterocycles. The standard InChI is InChI=1S/C20H15N3O5S/c1-26-15-9-12(10-16-18(24)21-20(25)29-16)7-8-14(15)27-11-17-22-23-19(28-17)13-5-3-2-4-6-13/h2-10H,11H2,1H3,(H,21,24,25)/b16-10+. The number of rotatable bonds is 6. The lowest BCUT2D eigenvalue weighted by Gasteiger charge is -2.10. The van der Waals surface area contributed by atoms with E-state index in [0.29, 0.717) is 33.7 Å². The van der Waals surface area contributed by atoms with Gasteiger partial charge in [0.05, 0.1) is 12.0 Å². The second-order valence-corrected chi connectivity index (χ2v) is 6.93. The van der Waals surface area contributed by atoms with Crippen LogP contribution in [0.25, 0.3) is 17.5 Å². The molecule has 146 valence electrons. The van der Waals surface area contributed by atoms with Gasteiger partial charge in [0.2, 0.25) is 5.89 Å². The monoisotopic (exact) mass is 409 g/mol. The van der Waals surface area contributed by atoms with Crippen LogP contribution in [0.2, 0.25) is 0 Å². The Hall–Kier alpha value is -3.59. The molecule has 0 radical (unpaired) electrons. The molecule has 1 N–H and O–H groups in total. The van der Waals surface area contributed by atoms with Crippen molar-refractivity contribution < 1.29 is 23.5 Å².